The third-order valence-corrected chi connectivity index (χ3v) is 5.27. The van der Waals surface area contributed by atoms with Gasteiger partial charge in [0.15, 0.2) is 0 Å². The zero-order chi connectivity index (χ0) is 15.6. The largest absolute Gasteiger partial charge is 0.385 e. The molecule has 2 aliphatic rings. The summed E-state index contributed by atoms with van der Waals surface area (Å²) in [6, 6.07) is 9.75. The molecule has 120 valence electrons. The van der Waals surface area contributed by atoms with E-state index in [9.17, 15) is 9.90 Å². The van der Waals surface area contributed by atoms with E-state index >= 15 is 0 Å². The van der Waals surface area contributed by atoms with Gasteiger partial charge in [0.05, 0.1) is 12.0 Å². The molecule has 1 aromatic rings. The quantitative estimate of drug-likeness (QED) is 0.876. The van der Waals surface area contributed by atoms with E-state index < -0.39 is 5.60 Å². The lowest BCUT2D eigenvalue weighted by Crippen LogP contribution is -2.41. The Morgan fingerprint density at radius 3 is 2.59 bits per heavy atom. The number of hydrogen-bond donors (Lipinski definition) is 2. The van der Waals surface area contributed by atoms with E-state index in [1.54, 1.807) is 6.92 Å². The van der Waals surface area contributed by atoms with Crippen molar-refractivity contribution in [1.29, 1.82) is 0 Å². The predicted octanol–water partition coefficient (Wildman–Crippen LogP) is 3.37. The maximum absolute atomic E-state index is 12.3. The van der Waals surface area contributed by atoms with Crippen molar-refractivity contribution in [3.8, 4) is 0 Å². The molecular weight excluding hydrogens is 274 g/mol. The molecule has 3 nitrogen and oxygen atoms in total. The first-order chi connectivity index (χ1) is 10.5. The lowest BCUT2D eigenvalue weighted by molar-refractivity contribution is -0.126. The third-order valence-electron chi connectivity index (χ3n) is 5.27. The normalized spacial score (nSPS) is 27.9. The molecule has 3 unspecified atom stereocenters. The molecule has 3 rings (SSSR count). The fourth-order valence-corrected chi connectivity index (χ4v) is 3.85. The minimum absolute atomic E-state index is 0.0321. The number of carbonyl (C=O) groups is 1. The predicted molar refractivity (Wildman–Crippen MR) is 87.2 cm³/mol. The van der Waals surface area contributed by atoms with Crippen LogP contribution in [0.15, 0.2) is 30.3 Å². The molecule has 0 spiro atoms. The van der Waals surface area contributed by atoms with Crippen LogP contribution in [-0.4, -0.2) is 17.1 Å². The monoisotopic (exact) mass is 301 g/mol. The van der Waals surface area contributed by atoms with Crippen molar-refractivity contribution in [2.75, 3.05) is 0 Å². The fraction of sp³-hybridized carbons (Fsp3) is 0.632. The summed E-state index contributed by atoms with van der Waals surface area (Å²) in [4.78, 5) is 12.3. The first-order valence-electron chi connectivity index (χ1n) is 8.62. The topological polar surface area (TPSA) is 49.3 Å². The first-order valence-corrected chi connectivity index (χ1v) is 8.62. The van der Waals surface area contributed by atoms with Gasteiger partial charge in [0.2, 0.25) is 5.91 Å². The molecule has 2 N–H and O–H groups in total. The molecule has 0 saturated heterocycles. The van der Waals surface area contributed by atoms with Crippen molar-refractivity contribution < 1.29 is 9.90 Å². The Hall–Kier alpha value is -1.35. The Kier molecular flexibility index (Phi) is 4.53. The molecule has 2 fully saturated rings. The van der Waals surface area contributed by atoms with Crippen LogP contribution < -0.4 is 5.32 Å². The molecule has 0 aliphatic heterocycles. The zero-order valence-electron chi connectivity index (χ0n) is 13.4. The maximum Gasteiger partial charge on any atom is 0.223 e. The molecule has 2 saturated carbocycles. The molecular formula is C19H27NO2. The number of hydrogen-bond acceptors (Lipinski definition) is 2. The summed E-state index contributed by atoms with van der Waals surface area (Å²) in [5.41, 5.74) is -0.305. The molecule has 0 aromatic heterocycles. The van der Waals surface area contributed by atoms with Crippen LogP contribution >= 0.6 is 0 Å². The maximum atomic E-state index is 12.3. The van der Waals surface area contributed by atoms with Crippen molar-refractivity contribution in [2.24, 2.45) is 11.8 Å². The van der Waals surface area contributed by atoms with E-state index in [1.807, 2.05) is 30.3 Å². The molecule has 1 amide bonds. The highest BCUT2D eigenvalue weighted by molar-refractivity contribution is 5.77. The van der Waals surface area contributed by atoms with Crippen LogP contribution in [0.4, 0.5) is 0 Å². The minimum atomic E-state index is -1.10. The molecule has 22 heavy (non-hydrogen) atoms. The van der Waals surface area contributed by atoms with E-state index in [0.717, 1.165) is 30.2 Å². The summed E-state index contributed by atoms with van der Waals surface area (Å²) >= 11 is 0. The van der Waals surface area contributed by atoms with Gasteiger partial charge in [-0.25, -0.2) is 0 Å². The summed E-state index contributed by atoms with van der Waals surface area (Å²) in [5.74, 6) is 1.70. The molecule has 2 aliphatic carbocycles. The Morgan fingerprint density at radius 2 is 1.91 bits per heavy atom. The molecule has 0 bridgehead atoms. The Bertz CT molecular complexity index is 507. The average molecular weight is 301 g/mol. The van der Waals surface area contributed by atoms with Gasteiger partial charge in [0.25, 0.3) is 0 Å². The van der Waals surface area contributed by atoms with Gasteiger partial charge < -0.3 is 10.4 Å². The molecule has 3 heteroatoms. The van der Waals surface area contributed by atoms with Crippen molar-refractivity contribution in [2.45, 2.75) is 63.5 Å². The average Bonchev–Trinajstić information content (AvgIpc) is 3.32. The lowest BCUT2D eigenvalue weighted by Gasteiger charge is -2.31. The molecule has 0 radical (unpaired) electrons. The van der Waals surface area contributed by atoms with Gasteiger partial charge in [-0.3, -0.25) is 4.79 Å². The first kappa shape index (κ1) is 15.5. The summed E-state index contributed by atoms with van der Waals surface area (Å²) in [6.07, 6.45) is 7.66. The van der Waals surface area contributed by atoms with E-state index in [1.165, 1.54) is 25.7 Å². The summed E-state index contributed by atoms with van der Waals surface area (Å²) in [5, 5.41) is 13.7. The summed E-state index contributed by atoms with van der Waals surface area (Å²) in [6.45, 7) is 1.72. The highest BCUT2D eigenvalue weighted by Gasteiger charge is 2.35. The van der Waals surface area contributed by atoms with Gasteiger partial charge in [-0.2, -0.15) is 0 Å². The van der Waals surface area contributed by atoms with Crippen molar-refractivity contribution >= 4 is 5.91 Å². The molecule has 1 aromatic carbocycles. The van der Waals surface area contributed by atoms with Crippen molar-refractivity contribution in [3.05, 3.63) is 35.9 Å². The Morgan fingerprint density at radius 1 is 1.18 bits per heavy atom. The van der Waals surface area contributed by atoms with E-state index in [4.69, 9.17) is 0 Å². The Balaban J connectivity index is 1.53. The van der Waals surface area contributed by atoms with Crippen LogP contribution in [-0.2, 0) is 10.4 Å². The standard InChI is InChI=1S/C19H27NO2/c1-19(22,16-7-3-2-4-8-16)13-18(21)20-17-9-5-6-15(12-17)14-10-11-14/h2-4,7-8,14-15,17,22H,5-6,9-13H2,1H3,(H,20,21). The van der Waals surface area contributed by atoms with E-state index in [2.05, 4.69) is 5.32 Å². The van der Waals surface area contributed by atoms with Gasteiger partial charge in [0.1, 0.15) is 0 Å². The number of carbonyl (C=O) groups excluding carboxylic acids is 1. The fourth-order valence-electron chi connectivity index (χ4n) is 3.85. The minimum Gasteiger partial charge on any atom is -0.385 e. The van der Waals surface area contributed by atoms with Crippen LogP contribution in [0.2, 0.25) is 0 Å². The van der Waals surface area contributed by atoms with Crippen LogP contribution in [0.5, 0.6) is 0 Å². The van der Waals surface area contributed by atoms with E-state index in [0.29, 0.717) is 6.04 Å². The van der Waals surface area contributed by atoms with E-state index in [-0.39, 0.29) is 12.3 Å². The summed E-state index contributed by atoms with van der Waals surface area (Å²) < 4.78 is 0. The van der Waals surface area contributed by atoms with Crippen LogP contribution in [0.3, 0.4) is 0 Å². The zero-order valence-corrected chi connectivity index (χ0v) is 13.4. The van der Waals surface area contributed by atoms with Gasteiger partial charge >= 0.3 is 0 Å². The van der Waals surface area contributed by atoms with Crippen molar-refractivity contribution in [1.82, 2.24) is 5.32 Å². The van der Waals surface area contributed by atoms with Crippen LogP contribution in [0.25, 0.3) is 0 Å². The summed E-state index contributed by atoms with van der Waals surface area (Å²) in [7, 11) is 0. The van der Waals surface area contributed by atoms with Gasteiger partial charge in [-0.1, -0.05) is 43.2 Å². The SMILES string of the molecule is CC(O)(CC(=O)NC1CCCC(C2CC2)C1)c1ccccc1. The number of amides is 1. The number of nitrogens with one attached hydrogen (secondary N) is 1. The lowest BCUT2D eigenvalue weighted by atomic mass is 9.82. The number of rotatable bonds is 5. The number of benzene rings is 1. The molecule has 3 atom stereocenters. The van der Waals surface area contributed by atoms with Crippen LogP contribution in [0, 0.1) is 11.8 Å². The van der Waals surface area contributed by atoms with Crippen LogP contribution in [0.1, 0.15) is 57.4 Å². The number of aliphatic hydroxyl groups is 1. The second-order valence-electron chi connectivity index (χ2n) is 7.35. The second kappa shape index (κ2) is 6.41. The highest BCUT2D eigenvalue weighted by atomic mass is 16.3. The molecule has 0 heterocycles. The van der Waals surface area contributed by atoms with Gasteiger partial charge in [-0.05, 0) is 50.0 Å². The van der Waals surface area contributed by atoms with Crippen molar-refractivity contribution in [3.63, 3.8) is 0 Å². The van der Waals surface area contributed by atoms with Gasteiger partial charge in [0, 0.05) is 6.04 Å². The smallest absolute Gasteiger partial charge is 0.223 e. The highest BCUT2D eigenvalue weighted by Crippen LogP contribution is 2.43. The third kappa shape index (κ3) is 3.89. The Labute approximate surface area is 133 Å². The second-order valence-corrected chi connectivity index (χ2v) is 7.35. The van der Waals surface area contributed by atoms with Gasteiger partial charge in [-0.15, -0.1) is 0 Å².